The Bertz CT molecular complexity index is 2300. The van der Waals surface area contributed by atoms with Gasteiger partial charge in [0.05, 0.1) is 13.7 Å². The molecule has 7 heteroatoms. The second-order valence-corrected chi connectivity index (χ2v) is 17.3. The third-order valence-electron chi connectivity index (χ3n) is 7.75. The molecule has 239 valence electrons. The quantitative estimate of drug-likeness (QED) is 0.0987. The van der Waals surface area contributed by atoms with E-state index >= 15 is 0 Å². The van der Waals surface area contributed by atoms with Gasteiger partial charge in [0.15, 0.2) is 0 Å². The Labute approximate surface area is 296 Å². The fourth-order valence-electron chi connectivity index (χ4n) is 5.41. The Morgan fingerprint density at radius 1 is 0.851 bits per heavy atom. The Kier molecular flexibility index (Phi) is 8.74. The smallest absolute Gasteiger partial charge is 0.218 e. The van der Waals surface area contributed by atoms with Gasteiger partial charge < -0.3 is 14.4 Å². The summed E-state index contributed by atoms with van der Waals surface area (Å²) < 4.78 is 51.5. The molecule has 0 unspecified atom stereocenters. The summed E-state index contributed by atoms with van der Waals surface area (Å²) in [5.41, 5.74) is 6.21. The van der Waals surface area contributed by atoms with Crippen LogP contribution in [0.2, 0.25) is 19.6 Å². The van der Waals surface area contributed by atoms with Crippen LogP contribution >= 0.6 is 0 Å². The van der Waals surface area contributed by atoms with E-state index in [9.17, 15) is 4.39 Å². The summed E-state index contributed by atoms with van der Waals surface area (Å²) in [6.07, 6.45) is 3.35. The minimum Gasteiger partial charge on any atom is -0.486 e. The summed E-state index contributed by atoms with van der Waals surface area (Å²) in [4.78, 5) is 12.8. The van der Waals surface area contributed by atoms with Crippen molar-refractivity contribution in [2.45, 2.75) is 46.2 Å². The normalized spacial score (nSPS) is 13.1. The summed E-state index contributed by atoms with van der Waals surface area (Å²) in [5, 5.41) is 2.72. The van der Waals surface area contributed by atoms with Crippen molar-refractivity contribution in [1.82, 2.24) is 15.0 Å². The van der Waals surface area contributed by atoms with Gasteiger partial charge in [-0.25, -0.2) is 0 Å². The van der Waals surface area contributed by atoms with Gasteiger partial charge in [-0.15, -0.1) is 54.1 Å². The van der Waals surface area contributed by atoms with Crippen LogP contribution in [0.3, 0.4) is 0 Å². The molecule has 7 rings (SSSR count). The van der Waals surface area contributed by atoms with Crippen molar-refractivity contribution < 1.29 is 34.4 Å². The van der Waals surface area contributed by atoms with Crippen molar-refractivity contribution in [1.29, 1.82) is 0 Å². The topological polar surface area (TPSA) is 51.8 Å². The number of nitrogens with zero attached hydrogens (tertiary/aromatic N) is 3. The standard InChI is InChI=1S/C23H14FN2O.C17H22NSi.Ir/c1-14-13-25-20(12-19(14)15-6-3-2-4-7-15)18-9-5-8-16-17-10-11-21(24)26-23(17)27-22(16)18;1-13(2)15-11-16(14-9-7-6-8-10-14)18-12-17(15)19(3,4)5;/h2-8,10-13H,1H3;6-9,11-13H,1-5H3;/q2*-1;/i1D3;13D;. The van der Waals surface area contributed by atoms with Crippen LogP contribution in [0.15, 0.2) is 108 Å². The average Bonchev–Trinajstić information content (AvgIpc) is 3.45. The Morgan fingerprint density at radius 3 is 2.32 bits per heavy atom. The number of hydrogen-bond acceptors (Lipinski definition) is 4. The van der Waals surface area contributed by atoms with Gasteiger partial charge in [-0.05, 0) is 58.1 Å². The van der Waals surface area contributed by atoms with Crippen molar-refractivity contribution >= 4 is 35.3 Å². The second-order valence-electron chi connectivity index (χ2n) is 12.3. The number of furan rings is 1. The predicted octanol–water partition coefficient (Wildman–Crippen LogP) is 10.2. The van der Waals surface area contributed by atoms with E-state index in [1.54, 1.807) is 18.2 Å². The van der Waals surface area contributed by atoms with Crippen molar-refractivity contribution in [3.05, 3.63) is 133 Å². The zero-order valence-corrected chi connectivity index (χ0v) is 30.2. The minimum atomic E-state index is -2.31. The minimum absolute atomic E-state index is 0. The molecule has 0 spiro atoms. The van der Waals surface area contributed by atoms with Gasteiger partial charge in [-0.3, -0.25) is 0 Å². The molecule has 0 saturated carbocycles. The van der Waals surface area contributed by atoms with E-state index in [1.165, 1.54) is 17.4 Å². The molecule has 4 nitrogen and oxygen atoms in total. The van der Waals surface area contributed by atoms with Crippen LogP contribution in [-0.2, 0) is 20.1 Å². The van der Waals surface area contributed by atoms with Gasteiger partial charge in [-0.1, -0.05) is 92.5 Å². The number of halogens is 1. The van der Waals surface area contributed by atoms with Gasteiger partial charge in [0.1, 0.15) is 0 Å². The summed E-state index contributed by atoms with van der Waals surface area (Å²) in [7, 11) is -1.50. The summed E-state index contributed by atoms with van der Waals surface area (Å²) in [6, 6.07) is 33.7. The Morgan fingerprint density at radius 2 is 1.62 bits per heavy atom. The fraction of sp³-hybridized carbons (Fsp3) is 0.175. The van der Waals surface area contributed by atoms with Crippen molar-refractivity contribution in [2.24, 2.45) is 0 Å². The van der Waals surface area contributed by atoms with Gasteiger partial charge >= 0.3 is 0 Å². The monoisotopic (exact) mass is 818 g/mol. The zero-order valence-electron chi connectivity index (χ0n) is 30.8. The van der Waals surface area contributed by atoms with Gasteiger partial charge in [0.25, 0.3) is 0 Å². The van der Waals surface area contributed by atoms with Gasteiger partial charge in [-0.2, -0.15) is 9.37 Å². The van der Waals surface area contributed by atoms with E-state index in [0.29, 0.717) is 27.8 Å². The molecule has 4 heterocycles. The number of pyridine rings is 3. The maximum absolute atomic E-state index is 13.5. The molecule has 0 aliphatic rings. The largest absolute Gasteiger partial charge is 0.486 e. The molecule has 0 aliphatic carbocycles. The third-order valence-corrected chi connectivity index (χ3v) is 9.76. The van der Waals surface area contributed by atoms with Crippen LogP contribution in [0, 0.1) is 24.9 Å². The van der Waals surface area contributed by atoms with Crippen LogP contribution in [0.25, 0.3) is 55.7 Å². The van der Waals surface area contributed by atoms with E-state index in [-0.39, 0.29) is 31.4 Å². The molecule has 4 aromatic heterocycles. The first-order valence-electron chi connectivity index (χ1n) is 17.0. The summed E-state index contributed by atoms with van der Waals surface area (Å²) in [6.45, 7) is 8.48. The molecule has 0 atom stereocenters. The molecular formula is C40H36FIrN3OSi-2. The molecule has 0 aliphatic heterocycles. The van der Waals surface area contributed by atoms with Crippen LogP contribution in [-0.4, -0.2) is 23.0 Å². The van der Waals surface area contributed by atoms with Crippen molar-refractivity contribution in [3.8, 4) is 33.6 Å². The van der Waals surface area contributed by atoms with Crippen LogP contribution in [0.4, 0.5) is 4.39 Å². The zero-order chi connectivity index (χ0) is 35.8. The molecule has 0 bridgehead atoms. The van der Waals surface area contributed by atoms with E-state index in [1.807, 2.05) is 80.7 Å². The molecule has 1 radical (unpaired) electrons. The first-order chi connectivity index (χ1) is 23.6. The molecule has 47 heavy (non-hydrogen) atoms. The summed E-state index contributed by atoms with van der Waals surface area (Å²) in [5.74, 6) is -1.24. The van der Waals surface area contributed by atoms with Crippen LogP contribution in [0.5, 0.6) is 0 Å². The number of hydrogen-bond donors (Lipinski definition) is 0. The maximum atomic E-state index is 13.5. The Balaban J connectivity index is 0.000000211. The van der Waals surface area contributed by atoms with E-state index in [0.717, 1.165) is 27.8 Å². The number of fused-ring (bicyclic) bond motifs is 3. The van der Waals surface area contributed by atoms with Crippen molar-refractivity contribution in [3.63, 3.8) is 0 Å². The molecule has 0 fully saturated rings. The first-order valence-corrected chi connectivity index (χ1v) is 18.5. The molecule has 3 aromatic carbocycles. The first kappa shape index (κ1) is 28.9. The SMILES string of the molecule is [2H]C(C)(C)c1cc(-c2[c-]cccc2)ncc1[Si](C)(C)C.[2H]C([2H])([2H])c1cnc(-c2[c-]ccc3c2oc2nc(F)ccc23)cc1-c1ccccc1.[Ir]. The number of rotatable bonds is 5. The second kappa shape index (κ2) is 14.2. The van der Waals surface area contributed by atoms with Gasteiger partial charge in [0, 0.05) is 43.4 Å². The molecule has 0 amide bonds. The Hall–Kier alpha value is -4.29. The van der Waals surface area contributed by atoms with Crippen LogP contribution in [0.1, 0.15) is 36.4 Å². The summed E-state index contributed by atoms with van der Waals surface area (Å²) >= 11 is 0. The molecular weight excluding hydrogens is 778 g/mol. The predicted molar refractivity (Wildman–Crippen MR) is 189 cm³/mol. The van der Waals surface area contributed by atoms with Crippen molar-refractivity contribution in [2.75, 3.05) is 0 Å². The average molecular weight is 818 g/mol. The van der Waals surface area contributed by atoms with E-state index in [4.69, 9.17) is 9.90 Å². The van der Waals surface area contributed by atoms with Gasteiger partial charge in [0.2, 0.25) is 11.7 Å². The molecule has 0 saturated heterocycles. The fourth-order valence-corrected chi connectivity index (χ4v) is 6.99. The number of benzene rings is 3. The number of aromatic nitrogens is 3. The molecule has 0 N–H and O–H groups in total. The van der Waals surface area contributed by atoms with Crippen LogP contribution < -0.4 is 5.19 Å². The maximum Gasteiger partial charge on any atom is 0.218 e. The van der Waals surface area contributed by atoms with E-state index in [2.05, 4.69) is 52.8 Å². The third kappa shape index (κ3) is 7.33. The molecule has 7 aromatic rings. The number of aryl methyl sites for hydroxylation is 1. The van der Waals surface area contributed by atoms with E-state index < -0.39 is 26.8 Å².